The van der Waals surface area contributed by atoms with Crippen molar-refractivity contribution in [3.8, 4) is 0 Å². The molecule has 2 N–H and O–H groups in total. The fraction of sp³-hybridized carbons (Fsp3) is 0.840. The Hall–Kier alpha value is -0.640. The molecule has 0 aromatic heterocycles. The van der Waals surface area contributed by atoms with E-state index in [9.17, 15) is 10.2 Å². The molecule has 0 amide bonds. The van der Waals surface area contributed by atoms with Crippen molar-refractivity contribution in [3.05, 3.63) is 24.8 Å². The van der Waals surface area contributed by atoms with Gasteiger partial charge >= 0.3 is 0 Å². The lowest BCUT2D eigenvalue weighted by Crippen LogP contribution is -2.52. The van der Waals surface area contributed by atoms with Gasteiger partial charge in [0, 0.05) is 0 Å². The van der Waals surface area contributed by atoms with E-state index >= 15 is 0 Å². The molecule has 166 valence electrons. The molecule has 0 heterocycles. The molecule has 0 aromatic carbocycles. The third-order valence-electron chi connectivity index (χ3n) is 5.81. The van der Waals surface area contributed by atoms with Crippen LogP contribution in [-0.2, 0) is 0 Å². The van der Waals surface area contributed by atoms with Crippen LogP contribution in [0.15, 0.2) is 24.8 Å². The summed E-state index contributed by atoms with van der Waals surface area (Å²) in [5, 5.41) is 18.7. The first-order chi connectivity index (χ1) is 13.7. The highest BCUT2D eigenvalue weighted by Crippen LogP contribution is 2.13. The van der Waals surface area contributed by atoms with Gasteiger partial charge in [-0.05, 0) is 44.6 Å². The Labute approximate surface area is 176 Å². The number of aliphatic hydroxyl groups is 2. The van der Waals surface area contributed by atoms with Crippen molar-refractivity contribution in [1.82, 2.24) is 0 Å². The predicted molar refractivity (Wildman–Crippen MR) is 124 cm³/mol. The first-order valence-corrected chi connectivity index (χ1v) is 12.1. The van der Waals surface area contributed by atoms with E-state index < -0.39 is 0 Å². The maximum absolute atomic E-state index is 9.35. The standard InChI is InChI=1S/C25H50NO2/c1-3-5-6-7-8-9-10-11-12-13-14-15-16-17-18-19-21-26(20-4-2,22-24-27)23-25-28/h4,11-12,27-28H,2-3,5-10,13-25H2,1H3/q+1/b12-11-. The summed E-state index contributed by atoms with van der Waals surface area (Å²) < 4.78 is 0.778. The van der Waals surface area contributed by atoms with Crippen LogP contribution < -0.4 is 0 Å². The molecule has 3 heteroatoms. The molecule has 0 atom stereocenters. The molecular weight excluding hydrogens is 346 g/mol. The van der Waals surface area contributed by atoms with E-state index in [0.717, 1.165) is 30.7 Å². The molecular formula is C25H50NO2+. The molecule has 0 fully saturated rings. The number of hydrogen-bond acceptors (Lipinski definition) is 2. The molecule has 0 saturated carbocycles. The third kappa shape index (κ3) is 16.3. The zero-order valence-corrected chi connectivity index (χ0v) is 18.9. The van der Waals surface area contributed by atoms with Crippen molar-refractivity contribution in [2.75, 3.05) is 39.4 Å². The maximum Gasteiger partial charge on any atom is 0.102 e. The Balaban J connectivity index is 3.57. The van der Waals surface area contributed by atoms with Crippen molar-refractivity contribution >= 4 is 0 Å². The lowest BCUT2D eigenvalue weighted by molar-refractivity contribution is -0.923. The second-order valence-corrected chi connectivity index (χ2v) is 8.37. The van der Waals surface area contributed by atoms with Gasteiger partial charge < -0.3 is 14.7 Å². The lowest BCUT2D eigenvalue weighted by atomic mass is 10.1. The van der Waals surface area contributed by atoms with Crippen LogP contribution in [0.1, 0.15) is 96.8 Å². The molecule has 0 rings (SSSR count). The number of rotatable bonds is 22. The molecule has 3 nitrogen and oxygen atoms in total. The first-order valence-electron chi connectivity index (χ1n) is 12.1. The van der Waals surface area contributed by atoms with Crippen LogP contribution in [0, 0.1) is 0 Å². The molecule has 0 spiro atoms. The molecule has 0 radical (unpaired) electrons. The highest BCUT2D eigenvalue weighted by molar-refractivity contribution is 4.81. The van der Waals surface area contributed by atoms with E-state index in [2.05, 4.69) is 25.7 Å². The van der Waals surface area contributed by atoms with Crippen LogP contribution in [-0.4, -0.2) is 54.1 Å². The molecule has 0 aliphatic carbocycles. The normalized spacial score (nSPS) is 12.1. The van der Waals surface area contributed by atoms with E-state index in [4.69, 9.17) is 0 Å². The van der Waals surface area contributed by atoms with Gasteiger partial charge in [-0.2, -0.15) is 0 Å². The lowest BCUT2D eigenvalue weighted by Gasteiger charge is -2.37. The van der Waals surface area contributed by atoms with Gasteiger partial charge in [-0.3, -0.25) is 0 Å². The largest absolute Gasteiger partial charge is 0.391 e. The van der Waals surface area contributed by atoms with Gasteiger partial charge in [0.05, 0.1) is 26.3 Å². The summed E-state index contributed by atoms with van der Waals surface area (Å²) in [4.78, 5) is 0. The van der Waals surface area contributed by atoms with Gasteiger partial charge in [0.15, 0.2) is 0 Å². The fourth-order valence-corrected chi connectivity index (χ4v) is 4.00. The second-order valence-electron chi connectivity index (χ2n) is 8.37. The first kappa shape index (κ1) is 27.4. The van der Waals surface area contributed by atoms with Crippen LogP contribution in [0.25, 0.3) is 0 Å². The van der Waals surface area contributed by atoms with Crippen LogP contribution in [0.5, 0.6) is 0 Å². The number of hydrogen-bond donors (Lipinski definition) is 2. The fourth-order valence-electron chi connectivity index (χ4n) is 4.00. The van der Waals surface area contributed by atoms with Crippen molar-refractivity contribution in [1.29, 1.82) is 0 Å². The summed E-state index contributed by atoms with van der Waals surface area (Å²) in [6, 6.07) is 0. The summed E-state index contributed by atoms with van der Waals surface area (Å²) in [6.07, 6.45) is 25.2. The Kier molecular flexibility index (Phi) is 20.6. The molecule has 0 bridgehead atoms. The molecule has 0 aliphatic rings. The summed E-state index contributed by atoms with van der Waals surface area (Å²) in [5.41, 5.74) is 0. The molecule has 28 heavy (non-hydrogen) atoms. The Morgan fingerprint density at radius 3 is 1.57 bits per heavy atom. The minimum atomic E-state index is 0.181. The average molecular weight is 397 g/mol. The van der Waals surface area contributed by atoms with Crippen molar-refractivity contribution in [2.45, 2.75) is 96.8 Å². The monoisotopic (exact) mass is 396 g/mol. The quantitative estimate of drug-likeness (QED) is 0.134. The van der Waals surface area contributed by atoms with Gasteiger partial charge in [-0.15, -0.1) is 0 Å². The zero-order chi connectivity index (χ0) is 20.8. The van der Waals surface area contributed by atoms with E-state index in [1.165, 1.54) is 89.9 Å². The topological polar surface area (TPSA) is 40.5 Å². The third-order valence-corrected chi connectivity index (χ3v) is 5.81. The van der Waals surface area contributed by atoms with Crippen LogP contribution >= 0.6 is 0 Å². The van der Waals surface area contributed by atoms with E-state index in [0.29, 0.717) is 0 Å². The Morgan fingerprint density at radius 2 is 1.11 bits per heavy atom. The maximum atomic E-state index is 9.35. The molecule has 0 unspecified atom stereocenters. The van der Waals surface area contributed by atoms with E-state index in [1.807, 2.05) is 6.08 Å². The SMILES string of the molecule is C=CC[N+](CCO)(CCO)CCCCCCCC/C=C\CCCCCCCC. The Bertz CT molecular complexity index is 348. The van der Waals surface area contributed by atoms with Gasteiger partial charge in [-0.1, -0.05) is 77.0 Å². The Morgan fingerprint density at radius 1 is 0.643 bits per heavy atom. The minimum absolute atomic E-state index is 0.181. The highest BCUT2D eigenvalue weighted by atomic mass is 16.3. The number of aliphatic hydroxyl groups excluding tert-OH is 2. The van der Waals surface area contributed by atoms with Crippen LogP contribution in [0.2, 0.25) is 0 Å². The number of unbranched alkanes of at least 4 members (excludes halogenated alkanes) is 12. The number of allylic oxidation sites excluding steroid dienone is 2. The number of nitrogens with zero attached hydrogens (tertiary/aromatic N) is 1. The van der Waals surface area contributed by atoms with E-state index in [-0.39, 0.29) is 13.2 Å². The minimum Gasteiger partial charge on any atom is -0.391 e. The second kappa shape index (κ2) is 21.1. The summed E-state index contributed by atoms with van der Waals surface area (Å²) in [5.74, 6) is 0. The summed E-state index contributed by atoms with van der Waals surface area (Å²) in [6.45, 7) is 9.80. The van der Waals surface area contributed by atoms with Gasteiger partial charge in [0.1, 0.15) is 13.1 Å². The van der Waals surface area contributed by atoms with Crippen molar-refractivity contribution < 1.29 is 14.7 Å². The van der Waals surface area contributed by atoms with Crippen LogP contribution in [0.4, 0.5) is 0 Å². The van der Waals surface area contributed by atoms with Gasteiger partial charge in [0.25, 0.3) is 0 Å². The molecule has 0 saturated heterocycles. The smallest absolute Gasteiger partial charge is 0.102 e. The van der Waals surface area contributed by atoms with E-state index in [1.54, 1.807) is 0 Å². The van der Waals surface area contributed by atoms with Gasteiger partial charge in [0.2, 0.25) is 0 Å². The summed E-state index contributed by atoms with van der Waals surface area (Å²) >= 11 is 0. The zero-order valence-electron chi connectivity index (χ0n) is 18.9. The average Bonchev–Trinajstić information content (AvgIpc) is 2.68. The highest BCUT2D eigenvalue weighted by Gasteiger charge is 2.24. The summed E-state index contributed by atoms with van der Waals surface area (Å²) in [7, 11) is 0. The number of quaternary nitrogens is 1. The molecule has 0 aliphatic heterocycles. The van der Waals surface area contributed by atoms with Crippen LogP contribution in [0.3, 0.4) is 0 Å². The molecule has 0 aromatic rings. The van der Waals surface area contributed by atoms with Crippen molar-refractivity contribution in [3.63, 3.8) is 0 Å². The van der Waals surface area contributed by atoms with Crippen molar-refractivity contribution in [2.24, 2.45) is 0 Å². The predicted octanol–water partition coefficient (Wildman–Crippen LogP) is 6.01. The van der Waals surface area contributed by atoms with Gasteiger partial charge in [-0.25, -0.2) is 0 Å².